The summed E-state index contributed by atoms with van der Waals surface area (Å²) in [7, 11) is 1.85. The molecule has 1 unspecified atom stereocenters. The number of fused-ring (bicyclic) bond motifs is 2. The van der Waals surface area contributed by atoms with Gasteiger partial charge in [0.05, 0.1) is 36.0 Å². The Balaban J connectivity index is 1.24. The van der Waals surface area contributed by atoms with Gasteiger partial charge in [-0.3, -0.25) is 4.79 Å². The monoisotopic (exact) mass is 421 g/mol. The minimum atomic E-state index is -0.0912. The van der Waals surface area contributed by atoms with Crippen molar-refractivity contribution in [1.82, 2.24) is 29.2 Å². The number of nitrogens with one attached hydrogen (secondary N) is 1. The van der Waals surface area contributed by atoms with Gasteiger partial charge in [0.25, 0.3) is 5.91 Å². The molecular weight excluding hydrogens is 394 g/mol. The maximum Gasteiger partial charge on any atom is 0.270 e. The highest BCUT2D eigenvalue weighted by molar-refractivity contribution is 5.94. The molecule has 3 aromatic rings. The van der Waals surface area contributed by atoms with Gasteiger partial charge < -0.3 is 19.9 Å². The second-order valence-corrected chi connectivity index (χ2v) is 9.27. The van der Waals surface area contributed by atoms with E-state index >= 15 is 0 Å². The predicted octanol–water partition coefficient (Wildman–Crippen LogP) is 2.48. The third-order valence-corrected chi connectivity index (χ3v) is 7.23. The van der Waals surface area contributed by atoms with Gasteiger partial charge in [0.15, 0.2) is 5.65 Å². The van der Waals surface area contributed by atoms with Crippen LogP contribution in [0.4, 0.5) is 11.6 Å². The normalized spacial score (nSPS) is 27.1. The zero-order valence-electron chi connectivity index (χ0n) is 17.6. The van der Waals surface area contributed by atoms with Gasteiger partial charge in [-0.05, 0) is 50.0 Å². The largest absolute Gasteiger partial charge is 0.394 e. The van der Waals surface area contributed by atoms with Crippen molar-refractivity contribution in [2.75, 3.05) is 18.5 Å². The van der Waals surface area contributed by atoms with Crippen LogP contribution in [0.3, 0.4) is 0 Å². The molecule has 3 aromatic heterocycles. The Bertz CT molecular complexity index is 1140. The molecule has 2 aliphatic carbocycles. The number of rotatable bonds is 5. The molecule has 3 fully saturated rings. The van der Waals surface area contributed by atoms with Crippen LogP contribution in [-0.2, 0) is 7.05 Å². The van der Waals surface area contributed by atoms with Crippen molar-refractivity contribution in [3.8, 4) is 0 Å². The van der Waals surface area contributed by atoms with Crippen LogP contribution >= 0.6 is 0 Å². The lowest BCUT2D eigenvalue weighted by atomic mass is 10.2. The molecule has 6 rings (SSSR count). The molecule has 31 heavy (non-hydrogen) atoms. The first kappa shape index (κ1) is 18.8. The lowest BCUT2D eigenvalue weighted by molar-refractivity contribution is 0.0668. The molecule has 9 nitrogen and oxygen atoms in total. The number of amides is 1. The zero-order valence-corrected chi connectivity index (χ0v) is 17.6. The maximum absolute atomic E-state index is 13.0. The number of aliphatic hydroxyl groups excluding tert-OH is 1. The van der Waals surface area contributed by atoms with Crippen LogP contribution in [-0.4, -0.2) is 59.4 Å². The van der Waals surface area contributed by atoms with Gasteiger partial charge in [0.2, 0.25) is 5.95 Å². The summed E-state index contributed by atoms with van der Waals surface area (Å²) in [6.07, 6.45) is 11.1. The minimum Gasteiger partial charge on any atom is -0.394 e. The number of likely N-dealkylation sites (tertiary alicyclic amines) is 1. The number of aliphatic hydroxyl groups is 1. The highest BCUT2D eigenvalue weighted by Gasteiger charge is 2.47. The van der Waals surface area contributed by atoms with Crippen LogP contribution in [0.1, 0.15) is 48.6 Å². The quantitative estimate of drug-likeness (QED) is 0.656. The number of aryl methyl sites for hydroxylation is 1. The van der Waals surface area contributed by atoms with E-state index in [2.05, 4.69) is 20.1 Å². The highest BCUT2D eigenvalue weighted by atomic mass is 16.3. The molecule has 1 saturated heterocycles. The molecular formula is C22H27N7O2. The SMILES string of the molecule is Cn1cc(Nc2ncc3cnn(C4C[C@@H]5C[C@@H]5C4)c3n2)cc1C(=O)N1CCC[C@H]1CO. The fraction of sp³-hybridized carbons (Fsp3) is 0.545. The van der Waals surface area contributed by atoms with E-state index in [0.29, 0.717) is 24.2 Å². The smallest absolute Gasteiger partial charge is 0.270 e. The molecule has 0 bridgehead atoms. The lowest BCUT2D eigenvalue weighted by Crippen LogP contribution is -2.38. The summed E-state index contributed by atoms with van der Waals surface area (Å²) in [5, 5.41) is 18.3. The van der Waals surface area contributed by atoms with E-state index in [1.165, 1.54) is 19.3 Å². The average molecular weight is 422 g/mol. The van der Waals surface area contributed by atoms with E-state index in [-0.39, 0.29) is 18.6 Å². The number of hydrogen-bond acceptors (Lipinski definition) is 6. The van der Waals surface area contributed by atoms with E-state index in [0.717, 1.165) is 41.4 Å². The topological polar surface area (TPSA) is 101 Å². The lowest BCUT2D eigenvalue weighted by Gasteiger charge is -2.23. The Kier molecular flexibility index (Phi) is 4.27. The summed E-state index contributed by atoms with van der Waals surface area (Å²) in [6.45, 7) is 0.690. The Morgan fingerprint density at radius 2 is 2.10 bits per heavy atom. The second-order valence-electron chi connectivity index (χ2n) is 9.27. The van der Waals surface area contributed by atoms with Gasteiger partial charge in [0, 0.05) is 26.0 Å². The third kappa shape index (κ3) is 3.18. The first-order valence-corrected chi connectivity index (χ1v) is 11.2. The highest BCUT2D eigenvalue weighted by Crippen LogP contribution is 2.56. The van der Waals surface area contributed by atoms with Crippen molar-refractivity contribution in [3.63, 3.8) is 0 Å². The van der Waals surface area contributed by atoms with Crippen molar-refractivity contribution in [3.05, 3.63) is 30.4 Å². The summed E-state index contributed by atoms with van der Waals surface area (Å²) in [4.78, 5) is 23.9. The van der Waals surface area contributed by atoms with Gasteiger partial charge in [-0.15, -0.1) is 0 Å². The van der Waals surface area contributed by atoms with Crippen LogP contribution < -0.4 is 5.32 Å². The first-order chi connectivity index (χ1) is 15.1. The maximum atomic E-state index is 13.0. The van der Waals surface area contributed by atoms with E-state index in [1.807, 2.05) is 30.1 Å². The van der Waals surface area contributed by atoms with Crippen LogP contribution in [0.2, 0.25) is 0 Å². The number of carbonyl (C=O) groups is 1. The Morgan fingerprint density at radius 3 is 2.90 bits per heavy atom. The molecule has 0 radical (unpaired) electrons. The summed E-state index contributed by atoms with van der Waals surface area (Å²) < 4.78 is 3.88. The molecule has 4 atom stereocenters. The van der Waals surface area contributed by atoms with Gasteiger partial charge in [-0.25, -0.2) is 9.67 Å². The van der Waals surface area contributed by atoms with Crippen molar-refractivity contribution < 1.29 is 9.90 Å². The summed E-state index contributed by atoms with van der Waals surface area (Å²) >= 11 is 0. The van der Waals surface area contributed by atoms with E-state index < -0.39 is 0 Å². The summed E-state index contributed by atoms with van der Waals surface area (Å²) in [5.41, 5.74) is 2.20. The predicted molar refractivity (Wildman–Crippen MR) is 115 cm³/mol. The van der Waals surface area contributed by atoms with Crippen molar-refractivity contribution in [2.24, 2.45) is 18.9 Å². The average Bonchev–Trinajstić information content (AvgIpc) is 3.25. The number of carbonyl (C=O) groups excluding carboxylic acids is 1. The molecule has 162 valence electrons. The molecule has 3 aliphatic rings. The van der Waals surface area contributed by atoms with Crippen LogP contribution in [0.5, 0.6) is 0 Å². The van der Waals surface area contributed by atoms with E-state index in [1.54, 1.807) is 11.1 Å². The zero-order chi connectivity index (χ0) is 21.1. The molecule has 0 spiro atoms. The van der Waals surface area contributed by atoms with Crippen molar-refractivity contribution in [2.45, 2.75) is 44.2 Å². The Hall–Kier alpha value is -2.94. The number of aromatic nitrogens is 5. The first-order valence-electron chi connectivity index (χ1n) is 11.2. The minimum absolute atomic E-state index is 0.00525. The van der Waals surface area contributed by atoms with Gasteiger partial charge in [-0.2, -0.15) is 10.1 Å². The van der Waals surface area contributed by atoms with Crippen LogP contribution in [0, 0.1) is 11.8 Å². The van der Waals surface area contributed by atoms with Crippen molar-refractivity contribution >= 4 is 28.6 Å². The number of hydrogen-bond donors (Lipinski definition) is 2. The van der Waals surface area contributed by atoms with Crippen molar-refractivity contribution in [1.29, 1.82) is 0 Å². The van der Waals surface area contributed by atoms with Gasteiger partial charge in [-0.1, -0.05) is 0 Å². The Labute approximate surface area is 180 Å². The summed E-state index contributed by atoms with van der Waals surface area (Å²) in [6, 6.07) is 2.17. The standard InChI is InChI=1S/C22H27N7O2/c1-27-11-16(8-19(27)21(31)28-4-2-3-17(28)12-30)25-22-23-9-15-10-24-29(20(15)26-22)18-6-13-5-14(13)7-18/h8-11,13-14,17-18,30H,2-7,12H2,1H3,(H,23,25,26)/t13-,14+,17-,18?/m0/s1. The number of nitrogens with zero attached hydrogens (tertiary/aromatic N) is 6. The molecule has 2 saturated carbocycles. The van der Waals surface area contributed by atoms with Crippen LogP contribution in [0.25, 0.3) is 11.0 Å². The fourth-order valence-corrected chi connectivity index (χ4v) is 5.46. The summed E-state index contributed by atoms with van der Waals surface area (Å²) in [5.74, 6) is 2.20. The second kappa shape index (κ2) is 7.05. The van der Waals surface area contributed by atoms with E-state index in [4.69, 9.17) is 4.98 Å². The Morgan fingerprint density at radius 1 is 1.26 bits per heavy atom. The molecule has 2 N–H and O–H groups in total. The molecule has 0 aromatic carbocycles. The number of anilines is 2. The van der Waals surface area contributed by atoms with Gasteiger partial charge in [0.1, 0.15) is 5.69 Å². The fourth-order valence-electron chi connectivity index (χ4n) is 5.46. The molecule has 9 heteroatoms. The molecule has 1 amide bonds. The third-order valence-electron chi connectivity index (χ3n) is 7.23. The van der Waals surface area contributed by atoms with E-state index in [9.17, 15) is 9.90 Å². The van der Waals surface area contributed by atoms with Crippen LogP contribution in [0.15, 0.2) is 24.7 Å². The van der Waals surface area contributed by atoms with Gasteiger partial charge >= 0.3 is 0 Å². The molecule has 1 aliphatic heterocycles. The molecule has 4 heterocycles.